The van der Waals surface area contributed by atoms with Gasteiger partial charge in [0.25, 0.3) is 0 Å². The van der Waals surface area contributed by atoms with E-state index in [1.165, 1.54) is 0 Å². The van der Waals surface area contributed by atoms with Gasteiger partial charge in [0, 0.05) is 26.6 Å². The largest absolute Gasteiger partial charge is 0.380 e. The lowest BCUT2D eigenvalue weighted by Gasteiger charge is -2.21. The van der Waals surface area contributed by atoms with Gasteiger partial charge in [0.15, 0.2) is 0 Å². The van der Waals surface area contributed by atoms with Gasteiger partial charge in [0.1, 0.15) is 0 Å². The highest BCUT2D eigenvalue weighted by Gasteiger charge is 2.23. The first kappa shape index (κ1) is 14.5. The Kier molecular flexibility index (Phi) is 5.12. The van der Waals surface area contributed by atoms with Crippen LogP contribution >= 0.6 is 0 Å². The molecular formula is C15H20N2O3. The molecule has 1 aliphatic rings. The summed E-state index contributed by atoms with van der Waals surface area (Å²) in [5.41, 5.74) is 2.14. The number of hydrogen-bond acceptors (Lipinski definition) is 3. The standard InChI is InChI=1S/C15H20N2O3/c1-20-10-12-4-2-3-11(7-12)8-17-15(19)13-5-6-14(18)16-9-13/h2-4,7,13H,5-6,8-10H2,1H3,(H,16,18)(H,17,19). The minimum absolute atomic E-state index is 0.00199. The molecule has 5 heteroatoms. The molecule has 1 unspecified atom stereocenters. The summed E-state index contributed by atoms with van der Waals surface area (Å²) in [6.45, 7) is 1.51. The van der Waals surface area contributed by atoms with Crippen LogP contribution in [0.4, 0.5) is 0 Å². The number of ether oxygens (including phenoxy) is 1. The zero-order chi connectivity index (χ0) is 14.4. The van der Waals surface area contributed by atoms with Crippen LogP contribution in [0.15, 0.2) is 24.3 Å². The number of rotatable bonds is 5. The molecular weight excluding hydrogens is 256 g/mol. The molecule has 1 fully saturated rings. The van der Waals surface area contributed by atoms with E-state index >= 15 is 0 Å². The number of carbonyl (C=O) groups excluding carboxylic acids is 2. The van der Waals surface area contributed by atoms with Crippen LogP contribution < -0.4 is 10.6 Å². The second-order valence-electron chi connectivity index (χ2n) is 5.01. The monoisotopic (exact) mass is 276 g/mol. The van der Waals surface area contributed by atoms with Crippen molar-refractivity contribution < 1.29 is 14.3 Å². The Hall–Kier alpha value is -1.88. The Labute approximate surface area is 118 Å². The van der Waals surface area contributed by atoms with E-state index in [4.69, 9.17) is 4.74 Å². The average Bonchev–Trinajstić information content (AvgIpc) is 2.46. The van der Waals surface area contributed by atoms with E-state index < -0.39 is 0 Å². The summed E-state index contributed by atoms with van der Waals surface area (Å²) in [4.78, 5) is 23.1. The molecule has 0 aromatic heterocycles. The summed E-state index contributed by atoms with van der Waals surface area (Å²) in [6, 6.07) is 7.94. The molecule has 2 amide bonds. The number of nitrogens with one attached hydrogen (secondary N) is 2. The molecule has 0 saturated carbocycles. The van der Waals surface area contributed by atoms with Gasteiger partial charge in [-0.1, -0.05) is 24.3 Å². The molecule has 1 atom stereocenters. The topological polar surface area (TPSA) is 67.4 Å². The lowest BCUT2D eigenvalue weighted by molar-refractivity contribution is -0.129. The molecule has 108 valence electrons. The number of carbonyl (C=O) groups is 2. The third kappa shape index (κ3) is 4.06. The Morgan fingerprint density at radius 3 is 2.95 bits per heavy atom. The van der Waals surface area contributed by atoms with E-state index in [0.717, 1.165) is 11.1 Å². The van der Waals surface area contributed by atoms with Gasteiger partial charge in [-0.25, -0.2) is 0 Å². The van der Waals surface area contributed by atoms with Crippen LogP contribution in [0, 0.1) is 5.92 Å². The van der Waals surface area contributed by atoms with Gasteiger partial charge in [-0.3, -0.25) is 9.59 Å². The van der Waals surface area contributed by atoms with Crippen molar-refractivity contribution in [2.24, 2.45) is 5.92 Å². The molecule has 1 saturated heterocycles. The smallest absolute Gasteiger partial charge is 0.225 e. The molecule has 0 aliphatic carbocycles. The molecule has 2 N–H and O–H groups in total. The maximum Gasteiger partial charge on any atom is 0.225 e. The maximum absolute atomic E-state index is 12.0. The van der Waals surface area contributed by atoms with Gasteiger partial charge in [0.05, 0.1) is 12.5 Å². The first-order valence-corrected chi connectivity index (χ1v) is 6.80. The first-order valence-electron chi connectivity index (χ1n) is 6.80. The van der Waals surface area contributed by atoms with Crippen molar-refractivity contribution in [1.29, 1.82) is 0 Å². The van der Waals surface area contributed by atoms with E-state index in [1.807, 2.05) is 24.3 Å². The van der Waals surface area contributed by atoms with Gasteiger partial charge in [-0.15, -0.1) is 0 Å². The number of amides is 2. The van der Waals surface area contributed by atoms with Crippen LogP contribution in [0.2, 0.25) is 0 Å². The molecule has 20 heavy (non-hydrogen) atoms. The van der Waals surface area contributed by atoms with Crippen molar-refractivity contribution >= 4 is 11.8 Å². The Bertz CT molecular complexity index is 478. The highest BCUT2D eigenvalue weighted by atomic mass is 16.5. The highest BCUT2D eigenvalue weighted by molar-refractivity contribution is 5.83. The molecule has 0 bridgehead atoms. The molecule has 0 spiro atoms. The molecule has 2 rings (SSSR count). The maximum atomic E-state index is 12.0. The molecule has 1 heterocycles. The lowest BCUT2D eigenvalue weighted by atomic mass is 9.98. The fourth-order valence-electron chi connectivity index (χ4n) is 2.29. The van der Waals surface area contributed by atoms with Gasteiger partial charge < -0.3 is 15.4 Å². The van der Waals surface area contributed by atoms with E-state index in [2.05, 4.69) is 10.6 Å². The van der Waals surface area contributed by atoms with Gasteiger partial charge in [-0.05, 0) is 17.5 Å². The Balaban J connectivity index is 1.83. The number of piperidine rings is 1. The summed E-state index contributed by atoms with van der Waals surface area (Å²) in [6.07, 6.45) is 1.06. The molecule has 5 nitrogen and oxygen atoms in total. The van der Waals surface area contributed by atoms with Crippen LogP contribution in [0.5, 0.6) is 0 Å². The number of methoxy groups -OCH3 is 1. The fourth-order valence-corrected chi connectivity index (χ4v) is 2.29. The average molecular weight is 276 g/mol. The second kappa shape index (κ2) is 7.05. The fraction of sp³-hybridized carbons (Fsp3) is 0.467. The Morgan fingerprint density at radius 2 is 2.25 bits per heavy atom. The minimum Gasteiger partial charge on any atom is -0.380 e. The van der Waals surface area contributed by atoms with E-state index in [1.54, 1.807) is 7.11 Å². The van der Waals surface area contributed by atoms with E-state index in [0.29, 0.717) is 32.5 Å². The van der Waals surface area contributed by atoms with Gasteiger partial charge in [0.2, 0.25) is 11.8 Å². The van der Waals surface area contributed by atoms with Crippen LogP contribution in [0.1, 0.15) is 24.0 Å². The summed E-state index contributed by atoms with van der Waals surface area (Å²) in [5.74, 6) is -0.0849. The van der Waals surface area contributed by atoms with Crippen LogP contribution in [0.3, 0.4) is 0 Å². The molecule has 1 aromatic rings. The SMILES string of the molecule is COCc1cccc(CNC(=O)C2CCC(=O)NC2)c1. The van der Waals surface area contributed by atoms with Gasteiger partial charge >= 0.3 is 0 Å². The summed E-state index contributed by atoms with van der Waals surface area (Å²) in [5, 5.41) is 5.64. The van der Waals surface area contributed by atoms with Crippen molar-refractivity contribution in [2.45, 2.75) is 26.0 Å². The summed E-state index contributed by atoms with van der Waals surface area (Å²) >= 11 is 0. The first-order chi connectivity index (χ1) is 9.69. The number of benzene rings is 1. The molecule has 1 aliphatic heterocycles. The number of hydrogen-bond donors (Lipinski definition) is 2. The predicted octanol–water partition coefficient (Wildman–Crippen LogP) is 0.975. The van der Waals surface area contributed by atoms with Crippen LogP contribution in [-0.2, 0) is 27.5 Å². The summed E-state index contributed by atoms with van der Waals surface area (Å²) in [7, 11) is 1.66. The minimum atomic E-state index is -0.116. The molecule has 0 radical (unpaired) electrons. The van der Waals surface area contributed by atoms with Crippen molar-refractivity contribution in [1.82, 2.24) is 10.6 Å². The molecule has 1 aromatic carbocycles. The van der Waals surface area contributed by atoms with E-state index in [-0.39, 0.29) is 17.7 Å². The highest BCUT2D eigenvalue weighted by Crippen LogP contribution is 2.11. The zero-order valence-corrected chi connectivity index (χ0v) is 11.6. The normalized spacial score (nSPS) is 18.4. The van der Waals surface area contributed by atoms with Crippen molar-refractivity contribution in [3.63, 3.8) is 0 Å². The third-order valence-corrected chi connectivity index (χ3v) is 3.41. The van der Waals surface area contributed by atoms with Crippen molar-refractivity contribution in [3.05, 3.63) is 35.4 Å². The summed E-state index contributed by atoms with van der Waals surface area (Å²) < 4.78 is 5.09. The van der Waals surface area contributed by atoms with Crippen molar-refractivity contribution in [2.75, 3.05) is 13.7 Å². The second-order valence-corrected chi connectivity index (χ2v) is 5.01. The van der Waals surface area contributed by atoms with Crippen molar-refractivity contribution in [3.8, 4) is 0 Å². The van der Waals surface area contributed by atoms with Gasteiger partial charge in [-0.2, -0.15) is 0 Å². The zero-order valence-electron chi connectivity index (χ0n) is 11.6. The third-order valence-electron chi connectivity index (χ3n) is 3.41. The Morgan fingerprint density at radius 1 is 1.45 bits per heavy atom. The van der Waals surface area contributed by atoms with E-state index in [9.17, 15) is 9.59 Å². The predicted molar refractivity (Wildman–Crippen MR) is 74.7 cm³/mol. The van der Waals surface area contributed by atoms with Crippen LogP contribution in [0.25, 0.3) is 0 Å². The lowest BCUT2D eigenvalue weighted by Crippen LogP contribution is -2.42. The van der Waals surface area contributed by atoms with Crippen LogP contribution in [-0.4, -0.2) is 25.5 Å². The quantitative estimate of drug-likeness (QED) is 0.842.